The molecular weight excluding hydrogens is 370 g/mol. The van der Waals surface area contributed by atoms with Crippen LogP contribution in [0.15, 0.2) is 59.6 Å². The van der Waals surface area contributed by atoms with E-state index in [1.54, 1.807) is 11.6 Å². The van der Waals surface area contributed by atoms with E-state index in [0.717, 1.165) is 21.1 Å². The number of carbonyl (C=O) groups excluding carboxylic acids is 1. The zero-order valence-corrected chi connectivity index (χ0v) is 14.6. The Hall–Kier alpha value is -2.67. The lowest BCUT2D eigenvalue weighted by atomic mass is 10.2. The summed E-state index contributed by atoms with van der Waals surface area (Å²) in [6.07, 6.45) is 0. The molecule has 3 rings (SSSR count). The number of hydrogen-bond donors (Lipinski definition) is 2. The molecule has 0 unspecified atom stereocenters. The lowest BCUT2D eigenvalue weighted by Crippen LogP contribution is -2.40. The maximum atomic E-state index is 12.4. The van der Waals surface area contributed by atoms with Crippen LogP contribution < -0.4 is 10.9 Å². The second-order valence-corrected chi connectivity index (χ2v) is 6.21. The van der Waals surface area contributed by atoms with Gasteiger partial charge in [-0.25, -0.2) is 4.68 Å². The number of hydrazine groups is 1. The number of rotatable bonds is 5. The van der Waals surface area contributed by atoms with E-state index >= 15 is 0 Å². The molecule has 0 saturated carbocycles. The molecule has 1 aromatic heterocycles. The number of nitrogens with one attached hydrogen (secondary N) is 2. The molecule has 0 radical (unpaired) electrons. The highest BCUT2D eigenvalue weighted by Crippen LogP contribution is 2.16. The first-order valence-corrected chi connectivity index (χ1v) is 8.16. The summed E-state index contributed by atoms with van der Waals surface area (Å²) in [4.78, 5) is 12.4. The van der Waals surface area contributed by atoms with Crippen molar-refractivity contribution in [3.05, 3.63) is 65.1 Å². The number of fused-ring (bicyclic) bond motifs is 1. The van der Waals surface area contributed by atoms with E-state index in [4.69, 9.17) is 0 Å². The number of para-hydroxylation sites is 1. The first kappa shape index (κ1) is 16.2. The van der Waals surface area contributed by atoms with E-state index in [1.807, 2.05) is 48.5 Å². The molecule has 7 heteroatoms. The van der Waals surface area contributed by atoms with Gasteiger partial charge in [0.2, 0.25) is 0 Å². The highest BCUT2D eigenvalue weighted by molar-refractivity contribution is 9.10. The molecule has 0 fully saturated rings. The molecule has 24 heavy (non-hydrogen) atoms. The van der Waals surface area contributed by atoms with Gasteiger partial charge < -0.3 is 0 Å². The SMILES string of the molecule is C=C(NNC(=O)[C@H](C)n1nnc2ccccc21)c1ccc(Br)cc1. The van der Waals surface area contributed by atoms with Gasteiger partial charge in [-0.2, -0.15) is 0 Å². The Morgan fingerprint density at radius 2 is 1.88 bits per heavy atom. The summed E-state index contributed by atoms with van der Waals surface area (Å²) >= 11 is 3.38. The molecular formula is C17H16BrN5O. The Bertz CT molecular complexity index is 887. The van der Waals surface area contributed by atoms with Gasteiger partial charge in [-0.1, -0.05) is 52.0 Å². The third kappa shape index (κ3) is 3.30. The number of nitrogens with zero attached hydrogens (tertiary/aromatic N) is 3. The molecule has 0 aliphatic carbocycles. The van der Waals surface area contributed by atoms with Crippen LogP contribution in [0.1, 0.15) is 18.5 Å². The smallest absolute Gasteiger partial charge is 0.262 e. The molecule has 1 atom stereocenters. The number of aromatic nitrogens is 3. The van der Waals surface area contributed by atoms with Crippen molar-refractivity contribution in [2.24, 2.45) is 0 Å². The van der Waals surface area contributed by atoms with Gasteiger partial charge in [0.05, 0.1) is 11.2 Å². The molecule has 2 aromatic carbocycles. The van der Waals surface area contributed by atoms with Crippen molar-refractivity contribution in [3.8, 4) is 0 Å². The Labute approximate surface area is 147 Å². The molecule has 0 saturated heterocycles. The van der Waals surface area contributed by atoms with Crippen molar-refractivity contribution in [2.45, 2.75) is 13.0 Å². The monoisotopic (exact) mass is 385 g/mol. The van der Waals surface area contributed by atoms with Crippen LogP contribution in [0, 0.1) is 0 Å². The van der Waals surface area contributed by atoms with Crippen LogP contribution in [-0.4, -0.2) is 20.9 Å². The summed E-state index contributed by atoms with van der Waals surface area (Å²) in [7, 11) is 0. The molecule has 0 spiro atoms. The highest BCUT2D eigenvalue weighted by Gasteiger charge is 2.18. The fourth-order valence-corrected chi connectivity index (χ4v) is 2.51. The second kappa shape index (κ2) is 6.84. The van der Waals surface area contributed by atoms with Crippen molar-refractivity contribution < 1.29 is 4.79 Å². The summed E-state index contributed by atoms with van der Waals surface area (Å²) in [5, 5.41) is 8.13. The van der Waals surface area contributed by atoms with Crippen LogP contribution in [0.4, 0.5) is 0 Å². The second-order valence-electron chi connectivity index (χ2n) is 5.30. The van der Waals surface area contributed by atoms with Crippen LogP contribution in [0.25, 0.3) is 16.7 Å². The maximum Gasteiger partial charge on any atom is 0.262 e. The van der Waals surface area contributed by atoms with Crippen LogP contribution in [0.5, 0.6) is 0 Å². The molecule has 122 valence electrons. The van der Waals surface area contributed by atoms with Crippen molar-refractivity contribution in [2.75, 3.05) is 0 Å². The molecule has 0 aliphatic heterocycles. The zero-order chi connectivity index (χ0) is 17.1. The van der Waals surface area contributed by atoms with E-state index in [0.29, 0.717) is 5.70 Å². The van der Waals surface area contributed by atoms with Crippen LogP contribution in [-0.2, 0) is 4.79 Å². The Kier molecular flexibility index (Phi) is 4.61. The van der Waals surface area contributed by atoms with Gasteiger partial charge in [0.1, 0.15) is 11.6 Å². The largest absolute Gasteiger partial charge is 0.299 e. The third-order valence-electron chi connectivity index (χ3n) is 3.65. The Balaban J connectivity index is 1.66. The number of benzene rings is 2. The lowest BCUT2D eigenvalue weighted by Gasteiger charge is -2.15. The van der Waals surface area contributed by atoms with E-state index in [-0.39, 0.29) is 5.91 Å². The van der Waals surface area contributed by atoms with Gasteiger partial charge in [-0.3, -0.25) is 15.6 Å². The summed E-state index contributed by atoms with van der Waals surface area (Å²) in [6, 6.07) is 14.6. The average Bonchev–Trinajstić information content (AvgIpc) is 3.03. The maximum absolute atomic E-state index is 12.4. The first-order valence-electron chi connectivity index (χ1n) is 7.37. The van der Waals surface area contributed by atoms with Crippen LogP contribution in [0.3, 0.4) is 0 Å². The lowest BCUT2D eigenvalue weighted by molar-refractivity contribution is -0.124. The van der Waals surface area contributed by atoms with Gasteiger partial charge in [-0.05, 0) is 36.8 Å². The first-order chi connectivity index (χ1) is 11.6. The highest BCUT2D eigenvalue weighted by atomic mass is 79.9. The summed E-state index contributed by atoms with van der Waals surface area (Å²) in [5.74, 6) is -0.232. The van der Waals surface area contributed by atoms with Gasteiger partial charge in [0, 0.05) is 4.47 Å². The minimum absolute atomic E-state index is 0.232. The molecule has 1 amide bonds. The molecule has 6 nitrogen and oxygen atoms in total. The van der Waals surface area contributed by atoms with Crippen LogP contribution >= 0.6 is 15.9 Å². The van der Waals surface area contributed by atoms with E-state index in [9.17, 15) is 4.79 Å². The standard InChI is InChI=1S/C17H16BrN5O/c1-11(13-7-9-14(18)10-8-13)19-21-17(24)12(2)23-16-6-4-3-5-15(16)20-22-23/h3-10,12,19H,1H2,2H3,(H,21,24)/t12-/m0/s1. The fraction of sp³-hybridized carbons (Fsp3) is 0.118. The van der Waals surface area contributed by atoms with Gasteiger partial charge in [-0.15, -0.1) is 5.10 Å². The predicted molar refractivity (Wildman–Crippen MR) is 96.7 cm³/mol. The molecule has 3 aromatic rings. The minimum Gasteiger partial charge on any atom is -0.299 e. The predicted octanol–water partition coefficient (Wildman–Crippen LogP) is 3.05. The number of carbonyl (C=O) groups is 1. The number of halogens is 1. The number of amides is 1. The number of hydrogen-bond acceptors (Lipinski definition) is 4. The van der Waals surface area contributed by atoms with Crippen LogP contribution in [0.2, 0.25) is 0 Å². The van der Waals surface area contributed by atoms with Crippen molar-refractivity contribution in [1.29, 1.82) is 0 Å². The van der Waals surface area contributed by atoms with Gasteiger partial charge in [0.15, 0.2) is 0 Å². The van der Waals surface area contributed by atoms with Gasteiger partial charge in [0.25, 0.3) is 5.91 Å². The molecule has 1 heterocycles. The normalized spacial score (nSPS) is 11.9. The summed E-state index contributed by atoms with van der Waals surface area (Å²) < 4.78 is 2.57. The van der Waals surface area contributed by atoms with Crippen molar-refractivity contribution >= 4 is 38.6 Å². The fourth-order valence-electron chi connectivity index (χ4n) is 2.25. The van der Waals surface area contributed by atoms with Crippen molar-refractivity contribution in [3.63, 3.8) is 0 Å². The summed E-state index contributed by atoms with van der Waals surface area (Å²) in [6.45, 7) is 5.69. The Morgan fingerprint density at radius 1 is 1.17 bits per heavy atom. The molecule has 0 bridgehead atoms. The van der Waals surface area contributed by atoms with E-state index in [1.165, 1.54) is 0 Å². The molecule has 0 aliphatic rings. The van der Waals surface area contributed by atoms with E-state index < -0.39 is 6.04 Å². The van der Waals surface area contributed by atoms with Gasteiger partial charge >= 0.3 is 0 Å². The third-order valence-corrected chi connectivity index (χ3v) is 4.18. The Morgan fingerprint density at radius 3 is 2.62 bits per heavy atom. The summed E-state index contributed by atoms with van der Waals surface area (Å²) in [5.41, 5.74) is 8.55. The zero-order valence-electron chi connectivity index (χ0n) is 13.0. The quantitative estimate of drug-likeness (QED) is 0.662. The van der Waals surface area contributed by atoms with E-state index in [2.05, 4.69) is 43.7 Å². The average molecular weight is 386 g/mol. The van der Waals surface area contributed by atoms with Crippen molar-refractivity contribution in [1.82, 2.24) is 25.8 Å². The minimum atomic E-state index is -0.511. The topological polar surface area (TPSA) is 71.8 Å². The molecule has 2 N–H and O–H groups in total.